The van der Waals surface area contributed by atoms with E-state index in [0.717, 1.165) is 25.7 Å². The number of quaternary nitrogens is 1. The van der Waals surface area contributed by atoms with Crippen molar-refractivity contribution < 1.29 is 48.2 Å². The highest BCUT2D eigenvalue weighted by atomic mass is 31.2. The second-order valence-electron chi connectivity index (χ2n) is 14.8. The summed E-state index contributed by atoms with van der Waals surface area (Å²) in [5.41, 5.74) is 0. The molecule has 11 nitrogen and oxygen atoms in total. The van der Waals surface area contributed by atoms with Gasteiger partial charge >= 0.3 is 0 Å². The number of unbranched alkanes of at least 4 members (excludes halogenated alkanes) is 10. The first-order chi connectivity index (χ1) is 25.7. The molecule has 0 aliphatic heterocycles. The van der Waals surface area contributed by atoms with Crippen LogP contribution in [0.3, 0.4) is 0 Å². The van der Waals surface area contributed by atoms with Crippen LogP contribution in [-0.4, -0.2) is 102 Å². The molecule has 0 fully saturated rings. The first-order valence-electron chi connectivity index (χ1n) is 20.1. The van der Waals surface area contributed by atoms with E-state index in [1.54, 1.807) is 48.6 Å². The molecule has 0 aliphatic rings. The number of amides is 1. The van der Waals surface area contributed by atoms with Gasteiger partial charge in [0.15, 0.2) is 0 Å². The summed E-state index contributed by atoms with van der Waals surface area (Å²) in [5, 5.41) is 44.1. The van der Waals surface area contributed by atoms with Gasteiger partial charge in [-0.1, -0.05) is 145 Å². The average molecular weight is 783 g/mol. The highest BCUT2D eigenvalue weighted by Gasteiger charge is 2.23. The van der Waals surface area contributed by atoms with Gasteiger partial charge in [0.2, 0.25) is 5.91 Å². The van der Waals surface area contributed by atoms with E-state index in [9.17, 15) is 34.7 Å². The zero-order valence-electron chi connectivity index (χ0n) is 34.0. The maximum Gasteiger partial charge on any atom is 0.268 e. The van der Waals surface area contributed by atoms with Crippen LogP contribution in [0.25, 0.3) is 0 Å². The van der Waals surface area contributed by atoms with Crippen molar-refractivity contribution in [2.75, 3.05) is 40.9 Å². The van der Waals surface area contributed by atoms with Crippen molar-refractivity contribution in [2.24, 2.45) is 0 Å². The van der Waals surface area contributed by atoms with Crippen molar-refractivity contribution in [1.82, 2.24) is 5.32 Å². The Labute approximate surface area is 327 Å². The maximum absolute atomic E-state index is 12.8. The van der Waals surface area contributed by atoms with Crippen LogP contribution in [0, 0.1) is 0 Å². The molecule has 1 unspecified atom stereocenters. The molecular formula is C42H75N2O9P. The molecule has 0 saturated carbocycles. The summed E-state index contributed by atoms with van der Waals surface area (Å²) in [6.45, 7) is 4.12. The van der Waals surface area contributed by atoms with E-state index < -0.39 is 50.8 Å². The topological polar surface area (TPSA) is 169 Å². The van der Waals surface area contributed by atoms with Gasteiger partial charge in [-0.25, -0.2) is 0 Å². The normalized spacial score (nSPS) is 17.0. The number of aliphatic hydroxyl groups excluding tert-OH is 4. The monoisotopic (exact) mass is 783 g/mol. The molecule has 1 amide bonds. The van der Waals surface area contributed by atoms with Crippen LogP contribution in [0.1, 0.15) is 117 Å². The zero-order chi connectivity index (χ0) is 40.5. The number of phosphoric acid groups is 1. The zero-order valence-corrected chi connectivity index (χ0v) is 34.9. The highest BCUT2D eigenvalue weighted by molar-refractivity contribution is 7.45. The number of nitrogens with one attached hydrogen (secondary N) is 1. The number of nitrogens with zero attached hydrogens (tertiary/aromatic N) is 1. The molecule has 0 bridgehead atoms. The van der Waals surface area contributed by atoms with Crippen LogP contribution in [0.2, 0.25) is 0 Å². The minimum absolute atomic E-state index is 0.0180. The molecule has 0 heterocycles. The quantitative estimate of drug-likeness (QED) is 0.0156. The number of carbonyl (C=O) groups excluding carboxylic acids is 1. The summed E-state index contributed by atoms with van der Waals surface area (Å²) in [5.74, 6) is -0.455. The van der Waals surface area contributed by atoms with E-state index in [0.29, 0.717) is 17.4 Å². The van der Waals surface area contributed by atoms with Crippen molar-refractivity contribution in [1.29, 1.82) is 0 Å². The van der Waals surface area contributed by atoms with Crippen molar-refractivity contribution >= 4 is 13.7 Å². The van der Waals surface area contributed by atoms with Crippen LogP contribution in [-0.2, 0) is 18.4 Å². The summed E-state index contributed by atoms with van der Waals surface area (Å²) in [6, 6.07) is -1.05. The number of likely N-dealkylation sites (N-methyl/N-ethyl adjacent to an activating group) is 1. The van der Waals surface area contributed by atoms with Crippen molar-refractivity contribution in [2.45, 2.75) is 147 Å². The average Bonchev–Trinajstić information content (AvgIpc) is 3.10. The number of aliphatic hydroxyl groups is 4. The van der Waals surface area contributed by atoms with Crippen LogP contribution < -0.4 is 10.2 Å². The van der Waals surface area contributed by atoms with E-state index in [-0.39, 0.29) is 25.9 Å². The number of carbonyl (C=O) groups is 1. The van der Waals surface area contributed by atoms with Crippen LogP contribution in [0.5, 0.6) is 0 Å². The van der Waals surface area contributed by atoms with Gasteiger partial charge < -0.3 is 44.2 Å². The number of rotatable bonds is 34. The molecule has 12 heteroatoms. The Kier molecular flexibility index (Phi) is 31.7. The van der Waals surface area contributed by atoms with Gasteiger partial charge in [0.1, 0.15) is 13.2 Å². The van der Waals surface area contributed by atoms with E-state index in [4.69, 9.17) is 9.05 Å². The number of hydrogen-bond acceptors (Lipinski definition) is 9. The van der Waals surface area contributed by atoms with E-state index >= 15 is 0 Å². The molecule has 0 radical (unpaired) electrons. The standard InChI is InChI=1S/C42H75N2O9P/c1-6-8-10-11-12-13-14-15-16-17-21-25-30-39(46)38(36-53-54(50,51)52-35-34-44(3,4)5)43-42(49)33-27-32-41(48)40(47)31-26-22-19-18-20-24-29-37(45)28-23-9-7-2/h9,18-20,22-26,29-31,37-41,45-48H,6-8,10-17,21,27-28,32-36H2,1-5H3,(H-,43,49,50,51)/b20-18+,22-19-,23-9-,29-24+,30-25+,31-26-/t37-,38-,39+,40+,41+/m0/s1. The molecule has 54 heavy (non-hydrogen) atoms. The minimum atomic E-state index is -4.68. The first-order valence-corrected chi connectivity index (χ1v) is 21.6. The third-order valence-electron chi connectivity index (χ3n) is 8.51. The molecule has 0 saturated heterocycles. The number of hydrogen-bond donors (Lipinski definition) is 5. The van der Waals surface area contributed by atoms with Crippen LogP contribution in [0.4, 0.5) is 0 Å². The van der Waals surface area contributed by atoms with Gasteiger partial charge in [0.05, 0.1) is 58.2 Å². The predicted octanol–water partition coefficient (Wildman–Crippen LogP) is 6.74. The largest absolute Gasteiger partial charge is 0.756 e. The second-order valence-corrected chi connectivity index (χ2v) is 16.2. The third kappa shape index (κ3) is 33.2. The molecule has 5 N–H and O–H groups in total. The molecular weight excluding hydrogens is 707 g/mol. The van der Waals surface area contributed by atoms with Gasteiger partial charge in [-0.3, -0.25) is 9.36 Å². The molecule has 0 aromatic carbocycles. The maximum atomic E-state index is 12.8. The summed E-state index contributed by atoms with van der Waals surface area (Å²) >= 11 is 0. The lowest BCUT2D eigenvalue weighted by Crippen LogP contribution is -2.46. The van der Waals surface area contributed by atoms with Gasteiger partial charge in [-0.05, 0) is 38.5 Å². The van der Waals surface area contributed by atoms with Gasteiger partial charge in [0.25, 0.3) is 7.82 Å². The Balaban J connectivity index is 4.89. The fraction of sp³-hybridized carbons (Fsp3) is 0.690. The van der Waals surface area contributed by atoms with Crippen molar-refractivity contribution in [3.63, 3.8) is 0 Å². The van der Waals surface area contributed by atoms with Gasteiger partial charge in [-0.2, -0.15) is 0 Å². The van der Waals surface area contributed by atoms with Crippen LogP contribution in [0.15, 0.2) is 72.9 Å². The van der Waals surface area contributed by atoms with E-state index in [1.807, 2.05) is 46.3 Å². The molecule has 0 aromatic rings. The highest BCUT2D eigenvalue weighted by Crippen LogP contribution is 2.38. The van der Waals surface area contributed by atoms with E-state index in [1.165, 1.54) is 57.4 Å². The lowest BCUT2D eigenvalue weighted by Gasteiger charge is -2.29. The Morgan fingerprint density at radius 1 is 0.741 bits per heavy atom. The fourth-order valence-electron chi connectivity index (χ4n) is 5.14. The van der Waals surface area contributed by atoms with E-state index in [2.05, 4.69) is 12.2 Å². The lowest BCUT2D eigenvalue weighted by molar-refractivity contribution is -0.870. The third-order valence-corrected chi connectivity index (χ3v) is 9.48. The van der Waals surface area contributed by atoms with Gasteiger partial charge in [0, 0.05) is 6.42 Å². The van der Waals surface area contributed by atoms with Crippen molar-refractivity contribution in [3.05, 3.63) is 72.9 Å². The molecule has 0 spiro atoms. The molecule has 0 aliphatic carbocycles. The van der Waals surface area contributed by atoms with Crippen LogP contribution >= 0.6 is 7.82 Å². The Morgan fingerprint density at radius 3 is 1.94 bits per heavy atom. The van der Waals surface area contributed by atoms with Crippen molar-refractivity contribution in [3.8, 4) is 0 Å². The fourth-order valence-corrected chi connectivity index (χ4v) is 5.86. The van der Waals surface area contributed by atoms with Gasteiger partial charge in [-0.15, -0.1) is 0 Å². The Hall–Kier alpha value is -2.18. The molecule has 6 atom stereocenters. The first kappa shape index (κ1) is 51.8. The predicted molar refractivity (Wildman–Crippen MR) is 218 cm³/mol. The SMILES string of the molecule is CC/C=C\C[C@H](O)/C=C/C=C/C=C\C=C/[C@@H](O)[C@H](O)CCCC(=O)N[C@@H](COP(=O)([O-])OCC[N+](C)(C)C)[C@H](O)/C=C/CCCCCCCCCCCC. The lowest BCUT2D eigenvalue weighted by atomic mass is 10.0. The smallest absolute Gasteiger partial charge is 0.268 e. The number of allylic oxidation sites excluding steroid dienone is 8. The number of phosphoric ester groups is 1. The Bertz CT molecular complexity index is 1160. The second kappa shape index (κ2) is 33.0. The minimum Gasteiger partial charge on any atom is -0.756 e. The summed E-state index contributed by atoms with van der Waals surface area (Å²) in [4.78, 5) is 25.2. The molecule has 312 valence electrons. The molecule has 0 aromatic heterocycles. The molecule has 0 rings (SSSR count). The summed E-state index contributed by atoms with van der Waals surface area (Å²) < 4.78 is 23.0. The summed E-state index contributed by atoms with van der Waals surface area (Å²) in [7, 11) is 1.03. The Morgan fingerprint density at radius 2 is 1.33 bits per heavy atom. The summed E-state index contributed by atoms with van der Waals surface area (Å²) in [6.07, 6.45) is 31.7.